The molecule has 0 saturated carbocycles. The maximum absolute atomic E-state index is 12.0. The number of benzene rings is 2. The van der Waals surface area contributed by atoms with Gasteiger partial charge in [-0.3, -0.25) is 4.79 Å². The number of rotatable bonds is 8. The summed E-state index contributed by atoms with van der Waals surface area (Å²) in [4.78, 5) is 13.6. The van der Waals surface area contributed by atoms with E-state index in [1.807, 2.05) is 32.9 Å². The van der Waals surface area contributed by atoms with Crippen LogP contribution >= 0.6 is 23.2 Å². The predicted octanol–water partition coefficient (Wildman–Crippen LogP) is 5.66. The van der Waals surface area contributed by atoms with E-state index in [1.165, 1.54) is 0 Å². The van der Waals surface area contributed by atoms with Gasteiger partial charge >= 0.3 is 0 Å². The number of carbonyl (C=O) groups excluding carboxylic acids is 1. The first-order valence-corrected chi connectivity index (χ1v) is 10.1. The molecule has 1 N–H and O–H groups in total. The second-order valence-electron chi connectivity index (χ2n) is 7.19. The van der Waals surface area contributed by atoms with Gasteiger partial charge in [-0.2, -0.15) is 0 Å². The van der Waals surface area contributed by atoms with Crippen LogP contribution in [0.25, 0.3) is 0 Å². The first-order valence-electron chi connectivity index (χ1n) is 9.39. The molecule has 2 aromatic carbocycles. The molecular weight excluding hydrogens is 397 g/mol. The molecule has 0 fully saturated rings. The Balaban J connectivity index is 2.14. The maximum Gasteiger partial charge on any atom is 0.260 e. The van der Waals surface area contributed by atoms with Crippen LogP contribution in [0.2, 0.25) is 10.0 Å². The van der Waals surface area contributed by atoms with Gasteiger partial charge < -0.3 is 14.7 Å². The Morgan fingerprint density at radius 2 is 1.82 bits per heavy atom. The van der Waals surface area contributed by atoms with Crippen LogP contribution in [0, 0.1) is 0 Å². The fraction of sp³-hybridized carbons (Fsp3) is 0.409. The number of amides is 1. The van der Waals surface area contributed by atoms with Gasteiger partial charge in [-0.15, -0.1) is 0 Å². The van der Waals surface area contributed by atoms with E-state index in [-0.39, 0.29) is 24.2 Å². The van der Waals surface area contributed by atoms with Gasteiger partial charge in [0.25, 0.3) is 5.91 Å². The molecular formula is C22H27Cl2NO3. The third-order valence-electron chi connectivity index (χ3n) is 4.56. The zero-order valence-electron chi connectivity index (χ0n) is 16.8. The third-order valence-corrected chi connectivity index (χ3v) is 5.23. The maximum atomic E-state index is 12.0. The van der Waals surface area contributed by atoms with Crippen LogP contribution in [0.1, 0.15) is 49.8 Å². The van der Waals surface area contributed by atoms with Crippen LogP contribution in [-0.4, -0.2) is 36.1 Å². The smallest absolute Gasteiger partial charge is 0.260 e. The minimum absolute atomic E-state index is 0.0573. The number of aromatic hydroxyl groups is 1. The lowest BCUT2D eigenvalue weighted by Crippen LogP contribution is -2.31. The summed E-state index contributed by atoms with van der Waals surface area (Å²) in [5.74, 6) is 0.872. The first-order chi connectivity index (χ1) is 13.2. The number of phenolic OH excluding ortho intramolecular Hbond substituents is 1. The topological polar surface area (TPSA) is 49.8 Å². The van der Waals surface area contributed by atoms with Crippen molar-refractivity contribution >= 4 is 29.1 Å². The first kappa shape index (κ1) is 22.4. The summed E-state index contributed by atoms with van der Waals surface area (Å²) in [5, 5.41) is 11.0. The highest BCUT2D eigenvalue weighted by Gasteiger charge is 2.14. The molecule has 2 rings (SSSR count). The van der Waals surface area contributed by atoms with Gasteiger partial charge in [-0.1, -0.05) is 56.1 Å². The summed E-state index contributed by atoms with van der Waals surface area (Å²) in [6.07, 6.45) is 1.43. The number of hydrogen-bond donors (Lipinski definition) is 1. The second-order valence-corrected chi connectivity index (χ2v) is 8.01. The molecule has 4 nitrogen and oxygen atoms in total. The minimum Gasteiger partial charge on any atom is -0.508 e. The van der Waals surface area contributed by atoms with E-state index in [0.717, 1.165) is 23.1 Å². The van der Waals surface area contributed by atoms with E-state index in [4.69, 9.17) is 27.9 Å². The molecule has 6 heteroatoms. The summed E-state index contributed by atoms with van der Waals surface area (Å²) in [6, 6.07) is 8.89. The van der Waals surface area contributed by atoms with Gasteiger partial charge in [0.1, 0.15) is 11.5 Å². The quantitative estimate of drug-likeness (QED) is 0.595. The predicted molar refractivity (Wildman–Crippen MR) is 115 cm³/mol. The lowest BCUT2D eigenvalue weighted by atomic mass is 9.96. The molecule has 1 amide bonds. The second kappa shape index (κ2) is 10.0. The van der Waals surface area contributed by atoms with Crippen LogP contribution in [0.4, 0.5) is 0 Å². The van der Waals surface area contributed by atoms with Gasteiger partial charge in [-0.25, -0.2) is 0 Å². The van der Waals surface area contributed by atoms with E-state index in [9.17, 15) is 9.90 Å². The van der Waals surface area contributed by atoms with Crippen LogP contribution in [0.15, 0.2) is 30.3 Å². The van der Waals surface area contributed by atoms with Crippen molar-refractivity contribution in [3.63, 3.8) is 0 Å². The summed E-state index contributed by atoms with van der Waals surface area (Å²) < 4.78 is 5.58. The Hall–Kier alpha value is -1.91. The van der Waals surface area contributed by atoms with Crippen LogP contribution < -0.4 is 4.74 Å². The van der Waals surface area contributed by atoms with E-state index >= 15 is 0 Å². The molecule has 0 radical (unpaired) electrons. The van der Waals surface area contributed by atoms with E-state index in [1.54, 1.807) is 30.1 Å². The van der Waals surface area contributed by atoms with Gasteiger partial charge in [0.2, 0.25) is 0 Å². The number of ether oxygens (including phenoxy) is 1. The summed E-state index contributed by atoms with van der Waals surface area (Å²) in [5.41, 5.74) is 2.68. The van der Waals surface area contributed by atoms with Crippen molar-refractivity contribution in [3.8, 4) is 11.5 Å². The molecule has 0 heterocycles. The molecule has 0 unspecified atom stereocenters. The van der Waals surface area contributed by atoms with Gasteiger partial charge in [0.05, 0.1) is 0 Å². The SMILES string of the molecule is CCCN(C)C(=O)COc1cc(Cl)c(Cc2ccc(O)c(C(C)C)c2)c(Cl)c1. The molecule has 0 aliphatic carbocycles. The van der Waals surface area contributed by atoms with Crippen LogP contribution in [-0.2, 0) is 11.2 Å². The number of phenols is 1. The van der Waals surface area contributed by atoms with Gasteiger partial charge in [0, 0.05) is 30.1 Å². The van der Waals surface area contributed by atoms with Gasteiger partial charge in [-0.05, 0) is 47.2 Å². The van der Waals surface area contributed by atoms with Crippen molar-refractivity contribution in [2.45, 2.75) is 39.5 Å². The van der Waals surface area contributed by atoms with Gasteiger partial charge in [0.15, 0.2) is 6.61 Å². The van der Waals surface area contributed by atoms with Crippen LogP contribution in [0.3, 0.4) is 0 Å². The largest absolute Gasteiger partial charge is 0.508 e. The monoisotopic (exact) mass is 423 g/mol. The number of likely N-dealkylation sites (N-methyl/N-ethyl adjacent to an activating group) is 1. The average molecular weight is 424 g/mol. The number of nitrogens with zero attached hydrogens (tertiary/aromatic N) is 1. The molecule has 152 valence electrons. The van der Waals surface area contributed by atoms with Crippen molar-refractivity contribution < 1.29 is 14.6 Å². The minimum atomic E-state index is -0.0940. The zero-order valence-corrected chi connectivity index (χ0v) is 18.3. The van der Waals surface area contributed by atoms with E-state index in [2.05, 4.69) is 0 Å². The highest BCUT2D eigenvalue weighted by atomic mass is 35.5. The number of halogens is 2. The Morgan fingerprint density at radius 1 is 1.18 bits per heavy atom. The zero-order chi connectivity index (χ0) is 20.8. The van der Waals surface area contributed by atoms with Crippen LogP contribution in [0.5, 0.6) is 11.5 Å². The third kappa shape index (κ3) is 5.79. The van der Waals surface area contributed by atoms with E-state index < -0.39 is 0 Å². The molecule has 0 aliphatic rings. The highest BCUT2D eigenvalue weighted by Crippen LogP contribution is 2.34. The van der Waals surface area contributed by atoms with Crippen molar-refractivity contribution in [2.24, 2.45) is 0 Å². The highest BCUT2D eigenvalue weighted by molar-refractivity contribution is 6.36. The normalized spacial score (nSPS) is 11.0. The van der Waals surface area contributed by atoms with Crippen molar-refractivity contribution in [3.05, 3.63) is 57.1 Å². The molecule has 0 atom stereocenters. The van der Waals surface area contributed by atoms with E-state index in [0.29, 0.717) is 28.8 Å². The summed E-state index contributed by atoms with van der Waals surface area (Å²) >= 11 is 12.9. The standard InChI is InChI=1S/C22H27Cl2NO3/c1-5-8-25(4)22(27)13-28-16-11-19(23)18(20(24)12-16)10-15-6-7-21(26)17(9-15)14(2)3/h6-7,9,11-12,14,26H,5,8,10,13H2,1-4H3. The molecule has 0 bridgehead atoms. The molecule has 0 aliphatic heterocycles. The fourth-order valence-electron chi connectivity index (χ4n) is 2.93. The Bertz CT molecular complexity index is 814. The number of carbonyl (C=O) groups is 1. The van der Waals surface area contributed by atoms with Crippen molar-refractivity contribution in [1.82, 2.24) is 4.90 Å². The average Bonchev–Trinajstić information content (AvgIpc) is 2.63. The molecule has 0 saturated heterocycles. The summed E-state index contributed by atoms with van der Waals surface area (Å²) in [6.45, 7) is 6.71. The molecule has 2 aromatic rings. The molecule has 0 aromatic heterocycles. The Labute approximate surface area is 177 Å². The fourth-order valence-corrected chi connectivity index (χ4v) is 3.53. The summed E-state index contributed by atoms with van der Waals surface area (Å²) in [7, 11) is 1.75. The molecule has 0 spiro atoms. The number of hydrogen-bond acceptors (Lipinski definition) is 3. The van der Waals surface area contributed by atoms with Crippen molar-refractivity contribution in [1.29, 1.82) is 0 Å². The Kier molecular flexibility index (Phi) is 8.02. The lowest BCUT2D eigenvalue weighted by Gasteiger charge is -2.17. The molecule has 28 heavy (non-hydrogen) atoms. The van der Waals surface area contributed by atoms with Crippen molar-refractivity contribution in [2.75, 3.05) is 20.2 Å². The Morgan fingerprint density at radius 3 is 2.39 bits per heavy atom. The lowest BCUT2D eigenvalue weighted by molar-refractivity contribution is -0.132.